The highest BCUT2D eigenvalue weighted by atomic mass is 16.5. The van der Waals surface area contributed by atoms with Gasteiger partial charge in [0.25, 0.3) is 0 Å². The van der Waals surface area contributed by atoms with Gasteiger partial charge in [-0.05, 0) is 68.8 Å². The van der Waals surface area contributed by atoms with E-state index in [-0.39, 0.29) is 23.8 Å². The van der Waals surface area contributed by atoms with Crippen LogP contribution >= 0.6 is 0 Å². The van der Waals surface area contributed by atoms with E-state index in [1.807, 2.05) is 43.3 Å². The van der Waals surface area contributed by atoms with Crippen LogP contribution in [0.5, 0.6) is 0 Å². The summed E-state index contributed by atoms with van der Waals surface area (Å²) in [6.45, 7) is 13.8. The van der Waals surface area contributed by atoms with E-state index in [1.54, 1.807) is 4.90 Å². The predicted octanol–water partition coefficient (Wildman–Crippen LogP) is 4.15. The normalized spacial score (nSPS) is 33.9. The zero-order valence-electron chi connectivity index (χ0n) is 25.4. The molecule has 8 nitrogen and oxygen atoms in total. The lowest BCUT2D eigenvalue weighted by atomic mass is 9.73. The van der Waals surface area contributed by atoms with Crippen LogP contribution in [0.4, 0.5) is 5.69 Å². The Hall–Kier alpha value is -2.71. The van der Waals surface area contributed by atoms with E-state index in [4.69, 9.17) is 4.74 Å². The molecule has 2 N–H and O–H groups in total. The molecule has 1 aliphatic carbocycles. The van der Waals surface area contributed by atoms with Gasteiger partial charge in [0.2, 0.25) is 17.7 Å². The molecule has 5 rings (SSSR count). The summed E-state index contributed by atoms with van der Waals surface area (Å²) in [6.07, 6.45) is 8.51. The van der Waals surface area contributed by atoms with Gasteiger partial charge in [-0.1, -0.05) is 64.8 Å². The minimum absolute atomic E-state index is 0.0679. The van der Waals surface area contributed by atoms with Crippen molar-refractivity contribution < 1.29 is 19.1 Å². The van der Waals surface area contributed by atoms with Crippen LogP contribution in [-0.2, 0) is 19.1 Å². The molecule has 1 aromatic carbocycles. The number of hydrogen-bond acceptors (Lipinski definition) is 5. The molecule has 3 amide bonds. The standard InChI is InChI=1S/C33H48N4O4/c1-6-16-36(17-7-2)18-19-37-29(31(39)35-25-13-9-11-22(4)23(25)5)33-15-14-26(41-33)27(28(33)32(37)40)30(38)34-24-12-8-10-21(3)20-24/h8,10,12,14-15,20,22-23,25-29H,6-7,9,11,13,16-19H2,1-5H3,(H,34,38)(H,35,39). The van der Waals surface area contributed by atoms with Crippen molar-refractivity contribution in [2.24, 2.45) is 23.7 Å². The van der Waals surface area contributed by atoms with Crippen molar-refractivity contribution in [3.8, 4) is 0 Å². The van der Waals surface area contributed by atoms with Crippen molar-refractivity contribution in [1.29, 1.82) is 0 Å². The maximum atomic E-state index is 14.3. The fourth-order valence-electron chi connectivity index (χ4n) is 7.72. The molecule has 8 unspecified atom stereocenters. The first kappa shape index (κ1) is 29.8. The van der Waals surface area contributed by atoms with Crippen molar-refractivity contribution in [3.05, 3.63) is 42.0 Å². The van der Waals surface area contributed by atoms with E-state index in [9.17, 15) is 14.4 Å². The molecule has 1 saturated carbocycles. The van der Waals surface area contributed by atoms with Crippen molar-refractivity contribution in [3.63, 3.8) is 0 Å². The first-order valence-electron chi connectivity index (χ1n) is 15.8. The third-order valence-electron chi connectivity index (χ3n) is 9.98. The van der Waals surface area contributed by atoms with E-state index in [0.717, 1.165) is 44.3 Å². The van der Waals surface area contributed by atoms with Gasteiger partial charge in [-0.15, -0.1) is 0 Å². The molecule has 8 heteroatoms. The molecule has 2 bridgehead atoms. The van der Waals surface area contributed by atoms with Crippen LogP contribution in [0.1, 0.15) is 65.4 Å². The van der Waals surface area contributed by atoms with Crippen LogP contribution in [0.3, 0.4) is 0 Å². The molecule has 8 atom stereocenters. The first-order chi connectivity index (χ1) is 19.7. The largest absolute Gasteiger partial charge is 0.359 e. The Morgan fingerprint density at radius 3 is 2.56 bits per heavy atom. The number of rotatable bonds is 11. The molecule has 224 valence electrons. The third kappa shape index (κ3) is 5.57. The van der Waals surface area contributed by atoms with E-state index in [2.05, 4.69) is 43.2 Å². The second kappa shape index (κ2) is 12.3. The number of amides is 3. The maximum absolute atomic E-state index is 14.3. The molecule has 41 heavy (non-hydrogen) atoms. The molecule has 0 radical (unpaired) electrons. The molecule has 3 heterocycles. The average molecular weight is 565 g/mol. The molecule has 0 aromatic heterocycles. The van der Waals surface area contributed by atoms with Gasteiger partial charge in [0.15, 0.2) is 0 Å². The van der Waals surface area contributed by atoms with Gasteiger partial charge in [0, 0.05) is 24.8 Å². The van der Waals surface area contributed by atoms with Crippen molar-refractivity contribution in [2.45, 2.75) is 90.5 Å². The van der Waals surface area contributed by atoms with E-state index < -0.39 is 29.6 Å². The highest BCUT2D eigenvalue weighted by molar-refractivity contribution is 6.02. The maximum Gasteiger partial charge on any atom is 0.246 e. The minimum Gasteiger partial charge on any atom is -0.359 e. The summed E-state index contributed by atoms with van der Waals surface area (Å²) in [6, 6.07) is 6.91. The number of benzene rings is 1. The monoisotopic (exact) mass is 564 g/mol. The summed E-state index contributed by atoms with van der Waals surface area (Å²) in [7, 11) is 0. The van der Waals surface area contributed by atoms with Gasteiger partial charge in [-0.3, -0.25) is 14.4 Å². The van der Waals surface area contributed by atoms with Crippen LogP contribution in [0.25, 0.3) is 0 Å². The lowest BCUT2D eigenvalue weighted by molar-refractivity contribution is -0.141. The second-order valence-corrected chi connectivity index (χ2v) is 12.8. The van der Waals surface area contributed by atoms with Crippen LogP contribution in [0.15, 0.2) is 36.4 Å². The molecule has 4 aliphatic rings. The van der Waals surface area contributed by atoms with Crippen molar-refractivity contribution >= 4 is 23.4 Å². The van der Waals surface area contributed by atoms with Gasteiger partial charge in [-0.25, -0.2) is 0 Å². The predicted molar refractivity (Wildman–Crippen MR) is 160 cm³/mol. The Balaban J connectivity index is 1.43. The van der Waals surface area contributed by atoms with Gasteiger partial charge >= 0.3 is 0 Å². The molecular weight excluding hydrogens is 516 g/mol. The van der Waals surface area contributed by atoms with Crippen molar-refractivity contribution in [1.82, 2.24) is 15.1 Å². The number of fused-ring (bicyclic) bond motifs is 1. The smallest absolute Gasteiger partial charge is 0.246 e. The lowest BCUT2D eigenvalue weighted by Gasteiger charge is -2.38. The Labute approximate surface area is 245 Å². The highest BCUT2D eigenvalue weighted by Gasteiger charge is 2.72. The van der Waals surface area contributed by atoms with Gasteiger partial charge in [0.05, 0.1) is 17.9 Å². The quantitative estimate of drug-likeness (QED) is 0.394. The van der Waals surface area contributed by atoms with Gasteiger partial charge < -0.3 is 25.2 Å². The average Bonchev–Trinajstić information content (AvgIpc) is 3.57. The number of aryl methyl sites for hydroxylation is 1. The summed E-state index contributed by atoms with van der Waals surface area (Å²) < 4.78 is 6.54. The third-order valence-corrected chi connectivity index (χ3v) is 9.98. The van der Waals surface area contributed by atoms with E-state index >= 15 is 0 Å². The minimum atomic E-state index is -1.13. The molecule has 1 aromatic rings. The molecule has 3 fully saturated rings. The number of nitrogens with zero attached hydrogens (tertiary/aromatic N) is 2. The Morgan fingerprint density at radius 1 is 1.10 bits per heavy atom. The first-order valence-corrected chi connectivity index (χ1v) is 15.8. The lowest BCUT2D eigenvalue weighted by Crippen LogP contribution is -2.58. The Bertz CT molecular complexity index is 1160. The van der Waals surface area contributed by atoms with Gasteiger partial charge in [0.1, 0.15) is 11.6 Å². The summed E-state index contributed by atoms with van der Waals surface area (Å²) in [5.41, 5.74) is 0.602. The number of ether oxygens (including phenoxy) is 1. The summed E-state index contributed by atoms with van der Waals surface area (Å²) in [5.74, 6) is -1.07. The number of carbonyl (C=O) groups excluding carboxylic acids is 3. The Kier molecular flexibility index (Phi) is 8.90. The number of anilines is 1. The SMILES string of the molecule is CCCN(CCC)CCN1C(=O)C2C(C(=O)Nc3cccc(C)c3)C3C=CC2(O3)C1C(=O)NC1CCCC(C)C1C. The second-order valence-electron chi connectivity index (χ2n) is 12.8. The van der Waals surface area contributed by atoms with Crippen LogP contribution < -0.4 is 10.6 Å². The topological polar surface area (TPSA) is 91.0 Å². The fraction of sp³-hybridized carbons (Fsp3) is 0.667. The molecule has 2 saturated heterocycles. The highest BCUT2D eigenvalue weighted by Crippen LogP contribution is 2.55. The summed E-state index contributed by atoms with van der Waals surface area (Å²) >= 11 is 0. The zero-order valence-corrected chi connectivity index (χ0v) is 25.4. The van der Waals surface area contributed by atoms with Crippen LogP contribution in [0, 0.1) is 30.6 Å². The molecule has 1 spiro atoms. The number of nitrogens with one attached hydrogen (secondary N) is 2. The van der Waals surface area contributed by atoms with E-state index in [0.29, 0.717) is 30.6 Å². The van der Waals surface area contributed by atoms with E-state index in [1.165, 1.54) is 6.42 Å². The van der Waals surface area contributed by atoms with Gasteiger partial charge in [-0.2, -0.15) is 0 Å². The fourth-order valence-corrected chi connectivity index (χ4v) is 7.72. The molecular formula is C33H48N4O4. The number of carbonyl (C=O) groups is 3. The Morgan fingerprint density at radius 2 is 1.85 bits per heavy atom. The van der Waals surface area contributed by atoms with Crippen molar-refractivity contribution in [2.75, 3.05) is 31.5 Å². The summed E-state index contributed by atoms with van der Waals surface area (Å²) in [4.78, 5) is 46.3. The summed E-state index contributed by atoms with van der Waals surface area (Å²) in [5, 5.41) is 6.37. The van der Waals surface area contributed by atoms with Crippen LogP contribution in [-0.4, -0.2) is 77.5 Å². The number of hydrogen-bond donors (Lipinski definition) is 2. The number of likely N-dealkylation sites (tertiary alicyclic amines) is 1. The van der Waals surface area contributed by atoms with Crippen LogP contribution in [0.2, 0.25) is 0 Å². The zero-order chi connectivity index (χ0) is 29.3. The molecule has 3 aliphatic heterocycles.